The average molecular weight is 269 g/mol. The second-order valence-corrected chi connectivity index (χ2v) is 5.68. The molecule has 0 aliphatic carbocycles. The van der Waals surface area contributed by atoms with E-state index in [2.05, 4.69) is 26.0 Å². The van der Waals surface area contributed by atoms with Crippen LogP contribution in [-0.2, 0) is 9.47 Å². The molecule has 3 heteroatoms. The summed E-state index contributed by atoms with van der Waals surface area (Å²) in [5, 5.41) is 0. The maximum absolute atomic E-state index is 6.20. The quantitative estimate of drug-likeness (QED) is 0.543. The van der Waals surface area contributed by atoms with Crippen molar-refractivity contribution < 1.29 is 9.47 Å². The van der Waals surface area contributed by atoms with E-state index >= 15 is 0 Å². The molecule has 1 rings (SSSR count). The Morgan fingerprint density at radius 3 is 2.68 bits per heavy atom. The number of unbranched alkanes of at least 4 members (excludes halogenated alkanes) is 5. The first-order chi connectivity index (χ1) is 9.20. The normalized spacial score (nSPS) is 32.0. The monoisotopic (exact) mass is 269 g/mol. The van der Waals surface area contributed by atoms with E-state index in [4.69, 9.17) is 15.2 Å². The maximum atomic E-state index is 6.20. The van der Waals surface area contributed by atoms with Gasteiger partial charge >= 0.3 is 0 Å². The number of hydrogen-bond donors (Lipinski definition) is 1. The molecule has 0 aromatic rings. The summed E-state index contributed by atoms with van der Waals surface area (Å²) in [6.45, 7) is 5.11. The molecule has 19 heavy (non-hydrogen) atoms. The lowest BCUT2D eigenvalue weighted by Crippen LogP contribution is -2.54. The number of rotatable bonds is 8. The first kappa shape index (κ1) is 16.7. The predicted octanol–water partition coefficient (Wildman–Crippen LogP) is 3.28. The third kappa shape index (κ3) is 5.64. The van der Waals surface area contributed by atoms with Gasteiger partial charge in [-0.3, -0.25) is 0 Å². The van der Waals surface area contributed by atoms with Crippen LogP contribution in [0.3, 0.4) is 0 Å². The second-order valence-electron chi connectivity index (χ2n) is 5.68. The summed E-state index contributed by atoms with van der Waals surface area (Å²) in [7, 11) is 1.74. The van der Waals surface area contributed by atoms with E-state index in [9.17, 15) is 0 Å². The third-order valence-corrected chi connectivity index (χ3v) is 3.94. The molecular formula is C16H31NO2. The zero-order valence-corrected chi connectivity index (χ0v) is 12.8. The van der Waals surface area contributed by atoms with E-state index in [0.29, 0.717) is 5.92 Å². The fourth-order valence-corrected chi connectivity index (χ4v) is 2.70. The topological polar surface area (TPSA) is 44.5 Å². The zero-order chi connectivity index (χ0) is 14.1. The van der Waals surface area contributed by atoms with Crippen molar-refractivity contribution in [3.8, 4) is 0 Å². The Balaban J connectivity index is 2.24. The van der Waals surface area contributed by atoms with E-state index in [1.54, 1.807) is 7.11 Å². The fraction of sp³-hybridized carbons (Fsp3) is 0.875. The highest BCUT2D eigenvalue weighted by atomic mass is 16.5. The van der Waals surface area contributed by atoms with Gasteiger partial charge in [0.2, 0.25) is 0 Å². The lowest BCUT2D eigenvalue weighted by atomic mass is 9.91. The molecule has 1 aliphatic heterocycles. The molecule has 2 N–H and O–H groups in total. The highest BCUT2D eigenvalue weighted by Gasteiger charge is 2.34. The summed E-state index contributed by atoms with van der Waals surface area (Å²) in [5.41, 5.74) is 6.20. The molecule has 3 nitrogen and oxygen atoms in total. The molecule has 1 fully saturated rings. The van der Waals surface area contributed by atoms with Crippen LogP contribution >= 0.6 is 0 Å². The Hall–Kier alpha value is -0.380. The summed E-state index contributed by atoms with van der Waals surface area (Å²) in [6.07, 6.45) is 12.2. The minimum absolute atomic E-state index is 0.0109. The lowest BCUT2D eigenvalue weighted by molar-refractivity contribution is -0.0899. The molecular weight excluding hydrogens is 238 g/mol. The molecule has 4 atom stereocenters. The molecule has 0 amide bonds. The van der Waals surface area contributed by atoms with Crippen LogP contribution in [0.5, 0.6) is 0 Å². The first-order valence-corrected chi connectivity index (χ1v) is 7.77. The average Bonchev–Trinajstić information content (AvgIpc) is 2.40. The first-order valence-electron chi connectivity index (χ1n) is 7.77. The molecule has 0 radical (unpaired) electrons. The van der Waals surface area contributed by atoms with Gasteiger partial charge in [-0.2, -0.15) is 0 Å². The van der Waals surface area contributed by atoms with Crippen LogP contribution in [0.15, 0.2) is 12.2 Å². The largest absolute Gasteiger partial charge is 0.379 e. The van der Waals surface area contributed by atoms with Crippen molar-refractivity contribution in [3.05, 3.63) is 12.2 Å². The SMILES string of the molecule is CCCCCCC/C=C\[C@@H]1OC[C@@H](C)[C@H](OC)[C@H]1N. The van der Waals surface area contributed by atoms with Gasteiger partial charge in [0.15, 0.2) is 0 Å². The molecule has 1 heterocycles. The summed E-state index contributed by atoms with van der Waals surface area (Å²) in [4.78, 5) is 0. The molecule has 0 bridgehead atoms. The van der Waals surface area contributed by atoms with Crippen LogP contribution in [0.1, 0.15) is 52.4 Å². The number of hydrogen-bond acceptors (Lipinski definition) is 3. The van der Waals surface area contributed by atoms with Crippen molar-refractivity contribution in [2.24, 2.45) is 11.7 Å². The van der Waals surface area contributed by atoms with E-state index in [1.807, 2.05) is 0 Å². The number of ether oxygens (including phenoxy) is 2. The van der Waals surface area contributed by atoms with Crippen LogP contribution in [0.2, 0.25) is 0 Å². The third-order valence-electron chi connectivity index (χ3n) is 3.94. The molecule has 0 saturated carbocycles. The Morgan fingerprint density at radius 2 is 2.00 bits per heavy atom. The van der Waals surface area contributed by atoms with Crippen LogP contribution in [0, 0.1) is 5.92 Å². The highest BCUT2D eigenvalue weighted by molar-refractivity contribution is 5.01. The van der Waals surface area contributed by atoms with Gasteiger partial charge in [-0.15, -0.1) is 0 Å². The number of allylic oxidation sites excluding steroid dienone is 1. The standard InChI is InChI=1S/C16H31NO2/c1-4-5-6-7-8-9-10-11-14-15(17)16(18-3)13(2)12-19-14/h10-11,13-16H,4-9,12,17H2,1-3H3/b11-10-/t13-,14+,15+,16+/m1/s1. The number of nitrogens with two attached hydrogens (primary N) is 1. The Kier molecular flexibility index (Phi) is 8.35. The van der Waals surface area contributed by atoms with E-state index < -0.39 is 0 Å². The van der Waals surface area contributed by atoms with E-state index in [0.717, 1.165) is 13.0 Å². The Bertz CT molecular complexity index is 255. The van der Waals surface area contributed by atoms with Crippen molar-refractivity contribution in [1.29, 1.82) is 0 Å². The van der Waals surface area contributed by atoms with Gasteiger partial charge in [-0.1, -0.05) is 51.7 Å². The minimum Gasteiger partial charge on any atom is -0.379 e. The minimum atomic E-state index is -0.0508. The number of methoxy groups -OCH3 is 1. The molecule has 0 aromatic heterocycles. The van der Waals surface area contributed by atoms with Gasteiger partial charge in [0.25, 0.3) is 0 Å². The lowest BCUT2D eigenvalue weighted by Gasteiger charge is -2.37. The summed E-state index contributed by atoms with van der Waals surface area (Å²) in [6, 6.07) is -0.0508. The van der Waals surface area contributed by atoms with Crippen molar-refractivity contribution >= 4 is 0 Å². The summed E-state index contributed by atoms with van der Waals surface area (Å²) >= 11 is 0. The highest BCUT2D eigenvalue weighted by Crippen LogP contribution is 2.22. The van der Waals surface area contributed by atoms with Crippen molar-refractivity contribution in [3.63, 3.8) is 0 Å². The van der Waals surface area contributed by atoms with Crippen LogP contribution in [-0.4, -0.2) is 32.0 Å². The zero-order valence-electron chi connectivity index (χ0n) is 12.8. The van der Waals surface area contributed by atoms with Gasteiger partial charge in [-0.25, -0.2) is 0 Å². The van der Waals surface area contributed by atoms with Crippen molar-refractivity contribution in [1.82, 2.24) is 0 Å². The van der Waals surface area contributed by atoms with Crippen LogP contribution < -0.4 is 5.73 Å². The van der Waals surface area contributed by atoms with Crippen molar-refractivity contribution in [2.45, 2.75) is 70.6 Å². The molecule has 1 saturated heterocycles. The molecule has 112 valence electrons. The Labute approximate surface area is 118 Å². The van der Waals surface area contributed by atoms with E-state index in [1.165, 1.54) is 32.1 Å². The van der Waals surface area contributed by atoms with Gasteiger partial charge in [0.05, 0.1) is 24.9 Å². The van der Waals surface area contributed by atoms with Crippen LogP contribution in [0.4, 0.5) is 0 Å². The molecule has 0 spiro atoms. The molecule has 0 unspecified atom stereocenters. The fourth-order valence-electron chi connectivity index (χ4n) is 2.70. The van der Waals surface area contributed by atoms with Crippen LogP contribution in [0.25, 0.3) is 0 Å². The van der Waals surface area contributed by atoms with Gasteiger partial charge in [0, 0.05) is 13.0 Å². The van der Waals surface area contributed by atoms with E-state index in [-0.39, 0.29) is 18.2 Å². The summed E-state index contributed by atoms with van der Waals surface area (Å²) in [5.74, 6) is 0.374. The summed E-state index contributed by atoms with van der Waals surface area (Å²) < 4.78 is 11.3. The van der Waals surface area contributed by atoms with Gasteiger partial charge in [-0.05, 0) is 12.8 Å². The smallest absolute Gasteiger partial charge is 0.0932 e. The predicted molar refractivity (Wildman–Crippen MR) is 80.2 cm³/mol. The van der Waals surface area contributed by atoms with Gasteiger partial charge < -0.3 is 15.2 Å². The molecule has 0 aromatic carbocycles. The maximum Gasteiger partial charge on any atom is 0.0932 e. The van der Waals surface area contributed by atoms with Gasteiger partial charge in [0.1, 0.15) is 0 Å². The second kappa shape index (κ2) is 9.51. The van der Waals surface area contributed by atoms with Crippen molar-refractivity contribution in [2.75, 3.05) is 13.7 Å². The molecule has 1 aliphatic rings. The Morgan fingerprint density at radius 1 is 1.26 bits per heavy atom.